The van der Waals surface area contributed by atoms with Gasteiger partial charge in [0.2, 0.25) is 0 Å². The van der Waals surface area contributed by atoms with Crippen LogP contribution in [0.25, 0.3) is 33.1 Å². The Morgan fingerprint density at radius 3 is 2.35 bits per heavy atom. The van der Waals surface area contributed by atoms with Crippen molar-refractivity contribution < 1.29 is 19.4 Å². The number of phenolic OH excluding ortho intramolecular Hbond substituents is 1. The first-order chi connectivity index (χ1) is 17.5. The van der Waals surface area contributed by atoms with Crippen molar-refractivity contribution in [3.05, 3.63) is 90.3 Å². The average molecular weight is 497 g/mol. The molecule has 0 aliphatic carbocycles. The predicted molar refractivity (Wildman–Crippen MR) is 147 cm³/mol. The minimum absolute atomic E-state index is 0.0514. The van der Waals surface area contributed by atoms with E-state index in [-0.39, 0.29) is 36.8 Å². The van der Waals surface area contributed by atoms with Crippen LogP contribution < -0.4 is 0 Å². The first-order valence-corrected chi connectivity index (χ1v) is 12.2. The molecule has 0 atom stereocenters. The molecule has 190 valence electrons. The van der Waals surface area contributed by atoms with Gasteiger partial charge in [-0.1, -0.05) is 64.3 Å². The molecule has 0 saturated heterocycles. The normalized spacial score (nSPS) is 11.5. The van der Waals surface area contributed by atoms with Crippen LogP contribution in [0.4, 0.5) is 0 Å². The minimum Gasteiger partial charge on any atom is -0.507 e. The Labute approximate surface area is 217 Å². The van der Waals surface area contributed by atoms with Crippen molar-refractivity contribution in [3.63, 3.8) is 0 Å². The smallest absolute Gasteiger partial charge is 0.310 e. The Balaban J connectivity index is 1.67. The minimum atomic E-state index is -0.386. The van der Waals surface area contributed by atoms with Gasteiger partial charge in [-0.25, -0.2) is 4.98 Å². The summed E-state index contributed by atoms with van der Waals surface area (Å²) in [5.74, 6) is 0.235. The van der Waals surface area contributed by atoms with Crippen LogP contribution in [-0.2, 0) is 26.1 Å². The SMILES string of the molecule is C=C(C)C(=C)OCCOC(=O)Cc1cc(-c2ccc3ccc4cccnc4c3n2)c(O)c(C(C)(C)C)c1. The van der Waals surface area contributed by atoms with Crippen LogP contribution >= 0.6 is 0 Å². The number of phenols is 1. The van der Waals surface area contributed by atoms with E-state index < -0.39 is 0 Å². The number of carbonyl (C=O) groups excluding carboxylic acids is 1. The number of fused-ring (bicyclic) bond motifs is 3. The van der Waals surface area contributed by atoms with E-state index >= 15 is 0 Å². The van der Waals surface area contributed by atoms with E-state index in [4.69, 9.17) is 14.5 Å². The fourth-order valence-electron chi connectivity index (χ4n) is 4.10. The van der Waals surface area contributed by atoms with Crippen molar-refractivity contribution >= 4 is 27.8 Å². The summed E-state index contributed by atoms with van der Waals surface area (Å²) < 4.78 is 10.8. The van der Waals surface area contributed by atoms with Crippen molar-refractivity contribution in [3.8, 4) is 17.0 Å². The van der Waals surface area contributed by atoms with E-state index in [1.807, 2.05) is 63.2 Å². The maximum absolute atomic E-state index is 12.6. The van der Waals surface area contributed by atoms with Gasteiger partial charge >= 0.3 is 5.97 Å². The number of rotatable bonds is 8. The number of benzene rings is 2. The van der Waals surface area contributed by atoms with Crippen molar-refractivity contribution in [2.24, 2.45) is 0 Å². The molecule has 0 radical (unpaired) electrons. The number of pyridine rings is 2. The Hall–Kier alpha value is -4.19. The summed E-state index contributed by atoms with van der Waals surface area (Å²) in [6, 6.07) is 15.4. The Kier molecular flexibility index (Phi) is 7.30. The third-order valence-electron chi connectivity index (χ3n) is 6.13. The van der Waals surface area contributed by atoms with E-state index in [0.29, 0.717) is 17.0 Å². The molecule has 2 aromatic carbocycles. The standard InChI is InChI=1S/C31H32N2O4/c1-19(2)20(3)36-14-15-37-27(34)18-21-16-24(30(35)25(17-21)31(4,5)6)26-12-11-23-10-9-22-8-7-13-32-28(22)29(23)33-26/h7-13,16-17,35H,1,3,14-15,18H2,2,4-6H3. The first kappa shape index (κ1) is 25.9. The summed E-state index contributed by atoms with van der Waals surface area (Å²) in [6.07, 6.45) is 1.80. The van der Waals surface area contributed by atoms with Gasteiger partial charge in [0, 0.05) is 28.1 Å². The van der Waals surface area contributed by atoms with Gasteiger partial charge in [-0.15, -0.1) is 0 Å². The van der Waals surface area contributed by atoms with Gasteiger partial charge in [-0.05, 0) is 41.7 Å². The van der Waals surface area contributed by atoms with Gasteiger partial charge in [0.25, 0.3) is 0 Å². The highest BCUT2D eigenvalue weighted by atomic mass is 16.6. The molecule has 0 unspecified atom stereocenters. The van der Waals surface area contributed by atoms with Gasteiger partial charge in [-0.2, -0.15) is 0 Å². The van der Waals surface area contributed by atoms with E-state index in [1.165, 1.54) is 0 Å². The lowest BCUT2D eigenvalue weighted by molar-refractivity contribution is -0.143. The molecule has 0 aliphatic rings. The lowest BCUT2D eigenvalue weighted by atomic mass is 9.83. The summed E-state index contributed by atoms with van der Waals surface area (Å²) in [5.41, 5.74) is 4.55. The van der Waals surface area contributed by atoms with Crippen LogP contribution in [0.2, 0.25) is 0 Å². The second kappa shape index (κ2) is 10.4. The average Bonchev–Trinajstić information content (AvgIpc) is 2.86. The maximum atomic E-state index is 12.6. The second-order valence-corrected chi connectivity index (χ2v) is 10.1. The number of nitrogens with zero attached hydrogens (tertiary/aromatic N) is 2. The third-order valence-corrected chi connectivity index (χ3v) is 6.13. The van der Waals surface area contributed by atoms with Gasteiger partial charge in [0.05, 0.1) is 23.1 Å². The molecule has 6 heteroatoms. The van der Waals surface area contributed by atoms with Crippen LogP contribution in [-0.4, -0.2) is 34.3 Å². The molecule has 4 rings (SSSR count). The van der Waals surface area contributed by atoms with E-state index in [9.17, 15) is 9.90 Å². The monoisotopic (exact) mass is 496 g/mol. The van der Waals surface area contributed by atoms with Crippen LogP contribution in [0, 0.1) is 0 Å². The molecular weight excluding hydrogens is 464 g/mol. The highest BCUT2D eigenvalue weighted by Gasteiger charge is 2.23. The zero-order valence-electron chi connectivity index (χ0n) is 21.8. The maximum Gasteiger partial charge on any atom is 0.310 e. The molecular formula is C31H32N2O4. The highest BCUT2D eigenvalue weighted by Crippen LogP contribution is 2.40. The zero-order valence-corrected chi connectivity index (χ0v) is 21.8. The molecule has 2 heterocycles. The predicted octanol–water partition coefficient (Wildman–Crippen LogP) is 6.65. The van der Waals surface area contributed by atoms with E-state index in [0.717, 1.165) is 38.5 Å². The lowest BCUT2D eigenvalue weighted by Gasteiger charge is -2.23. The van der Waals surface area contributed by atoms with Gasteiger partial charge < -0.3 is 14.6 Å². The number of hydrogen-bond acceptors (Lipinski definition) is 6. The van der Waals surface area contributed by atoms with Crippen molar-refractivity contribution in [1.29, 1.82) is 0 Å². The van der Waals surface area contributed by atoms with Crippen LogP contribution in [0.1, 0.15) is 38.8 Å². The summed E-state index contributed by atoms with van der Waals surface area (Å²) in [7, 11) is 0. The number of hydrogen-bond donors (Lipinski definition) is 1. The fourth-order valence-corrected chi connectivity index (χ4v) is 4.10. The first-order valence-electron chi connectivity index (χ1n) is 12.2. The lowest BCUT2D eigenvalue weighted by Crippen LogP contribution is -2.15. The van der Waals surface area contributed by atoms with Crippen molar-refractivity contribution in [2.75, 3.05) is 13.2 Å². The van der Waals surface area contributed by atoms with Gasteiger partial charge in [0.1, 0.15) is 24.7 Å². The summed E-state index contributed by atoms with van der Waals surface area (Å²) >= 11 is 0. The van der Waals surface area contributed by atoms with Gasteiger partial charge in [-0.3, -0.25) is 9.78 Å². The summed E-state index contributed by atoms with van der Waals surface area (Å²) in [4.78, 5) is 22.0. The number of aromatic hydroxyl groups is 1. The molecule has 0 bridgehead atoms. The number of ether oxygens (including phenoxy) is 2. The quantitative estimate of drug-likeness (QED) is 0.0967. The molecule has 0 amide bonds. The summed E-state index contributed by atoms with van der Waals surface area (Å²) in [6.45, 7) is 15.7. The van der Waals surface area contributed by atoms with Crippen LogP contribution in [0.15, 0.2) is 79.2 Å². The summed E-state index contributed by atoms with van der Waals surface area (Å²) in [5, 5.41) is 13.2. The Morgan fingerprint density at radius 2 is 1.65 bits per heavy atom. The molecule has 0 spiro atoms. The largest absolute Gasteiger partial charge is 0.507 e. The molecule has 0 saturated carbocycles. The van der Waals surface area contributed by atoms with Crippen LogP contribution in [0.3, 0.4) is 0 Å². The number of allylic oxidation sites excluding steroid dienone is 1. The zero-order chi connectivity index (χ0) is 26.7. The molecule has 0 fully saturated rings. The molecule has 4 aromatic rings. The molecule has 1 N–H and O–H groups in total. The highest BCUT2D eigenvalue weighted by molar-refractivity contribution is 6.03. The van der Waals surface area contributed by atoms with Crippen molar-refractivity contribution in [2.45, 2.75) is 39.5 Å². The molecule has 2 aromatic heterocycles. The van der Waals surface area contributed by atoms with E-state index in [1.54, 1.807) is 19.2 Å². The van der Waals surface area contributed by atoms with Gasteiger partial charge in [0.15, 0.2) is 0 Å². The molecule has 37 heavy (non-hydrogen) atoms. The Bertz CT molecular complexity index is 1520. The van der Waals surface area contributed by atoms with Crippen molar-refractivity contribution in [1.82, 2.24) is 9.97 Å². The fraction of sp³-hybridized carbons (Fsp3) is 0.258. The number of aromatic nitrogens is 2. The molecule has 6 nitrogen and oxygen atoms in total. The number of carbonyl (C=O) groups is 1. The third kappa shape index (κ3) is 5.80. The second-order valence-electron chi connectivity index (χ2n) is 10.1. The topological polar surface area (TPSA) is 81.5 Å². The molecule has 0 aliphatic heterocycles. The van der Waals surface area contributed by atoms with Crippen LogP contribution in [0.5, 0.6) is 5.75 Å². The Morgan fingerprint density at radius 1 is 0.973 bits per heavy atom. The van der Waals surface area contributed by atoms with E-state index in [2.05, 4.69) is 18.1 Å². The number of esters is 1.